The van der Waals surface area contributed by atoms with Crippen LogP contribution in [0.15, 0.2) is 0 Å². The van der Waals surface area contributed by atoms with Crippen LogP contribution in [0.3, 0.4) is 0 Å². The van der Waals surface area contributed by atoms with Crippen LogP contribution in [0.25, 0.3) is 0 Å². The minimum atomic E-state index is -1.94. The van der Waals surface area contributed by atoms with Crippen molar-refractivity contribution in [3.8, 4) is 0 Å². The van der Waals surface area contributed by atoms with Gasteiger partial charge in [-0.1, -0.05) is 20.8 Å². The van der Waals surface area contributed by atoms with E-state index in [-0.39, 0.29) is 23.5 Å². The average molecular weight is 315 g/mol. The molecule has 122 valence electrons. The minimum Gasteiger partial charge on any atom is -0.443 e. The predicted octanol–water partition coefficient (Wildman–Crippen LogP) is 3.54. The van der Waals surface area contributed by atoms with Gasteiger partial charge in [-0.3, -0.25) is 4.79 Å². The molecule has 0 bridgehead atoms. The van der Waals surface area contributed by atoms with E-state index >= 15 is 0 Å². The number of imide groups is 1. The van der Waals surface area contributed by atoms with E-state index < -0.39 is 20.0 Å². The fourth-order valence-corrected chi connectivity index (χ4v) is 3.19. The molecule has 21 heavy (non-hydrogen) atoms. The van der Waals surface area contributed by atoms with E-state index in [0.717, 1.165) is 0 Å². The van der Waals surface area contributed by atoms with E-state index in [2.05, 4.69) is 33.9 Å². The van der Waals surface area contributed by atoms with Crippen molar-refractivity contribution in [3.05, 3.63) is 0 Å². The van der Waals surface area contributed by atoms with Gasteiger partial charge >= 0.3 is 6.09 Å². The molecule has 1 atom stereocenters. The number of hydrogen-bond acceptors (Lipinski definition) is 4. The van der Waals surface area contributed by atoms with Crippen molar-refractivity contribution in [1.29, 1.82) is 0 Å². The molecule has 0 radical (unpaired) electrons. The Morgan fingerprint density at radius 1 is 1.19 bits per heavy atom. The Bertz CT molecular complexity index is 420. The summed E-state index contributed by atoms with van der Waals surface area (Å²) >= 11 is 0. The van der Waals surface area contributed by atoms with Crippen molar-refractivity contribution < 1.29 is 18.8 Å². The van der Waals surface area contributed by atoms with Crippen molar-refractivity contribution in [2.24, 2.45) is 0 Å². The Morgan fingerprint density at radius 3 is 2.14 bits per heavy atom. The zero-order valence-corrected chi connectivity index (χ0v) is 15.6. The molecule has 0 aromatic rings. The van der Waals surface area contributed by atoms with Gasteiger partial charge in [0.2, 0.25) is 5.91 Å². The molecule has 1 saturated heterocycles. The first-order chi connectivity index (χ1) is 9.23. The van der Waals surface area contributed by atoms with Crippen molar-refractivity contribution in [2.75, 3.05) is 6.54 Å². The van der Waals surface area contributed by atoms with Crippen LogP contribution < -0.4 is 0 Å². The van der Waals surface area contributed by atoms with Gasteiger partial charge in [0.15, 0.2) is 8.32 Å². The predicted molar refractivity (Wildman–Crippen MR) is 84.6 cm³/mol. The smallest absolute Gasteiger partial charge is 0.417 e. The molecule has 0 aliphatic carbocycles. The zero-order valence-electron chi connectivity index (χ0n) is 14.6. The highest BCUT2D eigenvalue weighted by atomic mass is 28.4. The Hall–Kier alpha value is -0.883. The standard InChI is InChI=1S/C15H29NO4Si/c1-14(2,3)19-13(18)16-10-11(9-12(16)17)20-21(7,8)15(4,5)6/h11H,9-10H2,1-8H3. The number of hydrogen-bond donors (Lipinski definition) is 0. The maximum Gasteiger partial charge on any atom is 0.417 e. The molecular formula is C15H29NO4Si. The Balaban J connectivity index is 2.69. The van der Waals surface area contributed by atoms with Crippen molar-refractivity contribution in [1.82, 2.24) is 4.90 Å². The molecule has 1 rings (SSSR count). The third-order valence-electron chi connectivity index (χ3n) is 3.97. The Labute approximate surface area is 129 Å². The largest absolute Gasteiger partial charge is 0.443 e. The molecular weight excluding hydrogens is 286 g/mol. The Kier molecular flexibility index (Phi) is 4.95. The van der Waals surface area contributed by atoms with Crippen LogP contribution in [0, 0.1) is 0 Å². The van der Waals surface area contributed by atoms with Crippen LogP contribution in [0.4, 0.5) is 4.79 Å². The topological polar surface area (TPSA) is 55.8 Å². The second-order valence-electron chi connectivity index (χ2n) is 8.19. The number of nitrogens with zero attached hydrogens (tertiary/aromatic N) is 1. The van der Waals surface area contributed by atoms with E-state index in [1.165, 1.54) is 4.90 Å². The molecule has 0 spiro atoms. The molecule has 0 saturated carbocycles. The molecule has 0 aromatic carbocycles. The van der Waals surface area contributed by atoms with E-state index in [9.17, 15) is 9.59 Å². The van der Waals surface area contributed by atoms with Crippen LogP contribution in [0.5, 0.6) is 0 Å². The van der Waals surface area contributed by atoms with Crippen molar-refractivity contribution in [2.45, 2.75) is 77.8 Å². The molecule has 6 heteroatoms. The number of likely N-dealkylation sites (tertiary alicyclic amines) is 1. The van der Waals surface area contributed by atoms with Gasteiger partial charge in [-0.05, 0) is 38.9 Å². The number of amides is 2. The molecule has 1 fully saturated rings. The Morgan fingerprint density at radius 2 is 1.71 bits per heavy atom. The summed E-state index contributed by atoms with van der Waals surface area (Å²) < 4.78 is 11.5. The fraction of sp³-hybridized carbons (Fsp3) is 0.867. The van der Waals surface area contributed by atoms with Crippen molar-refractivity contribution in [3.63, 3.8) is 0 Å². The minimum absolute atomic E-state index is 0.0788. The fourth-order valence-electron chi connectivity index (χ4n) is 1.84. The molecule has 0 aromatic heterocycles. The van der Waals surface area contributed by atoms with Gasteiger partial charge in [0, 0.05) is 0 Å². The van der Waals surface area contributed by atoms with Crippen LogP contribution in [-0.2, 0) is 14.0 Å². The van der Waals surface area contributed by atoms with Crippen molar-refractivity contribution >= 4 is 20.3 Å². The summed E-state index contributed by atoms with van der Waals surface area (Å²) in [7, 11) is -1.94. The summed E-state index contributed by atoms with van der Waals surface area (Å²) in [6.45, 7) is 16.4. The van der Waals surface area contributed by atoms with Gasteiger partial charge in [0.1, 0.15) is 5.60 Å². The highest BCUT2D eigenvalue weighted by Crippen LogP contribution is 2.38. The quantitative estimate of drug-likeness (QED) is 0.731. The van der Waals surface area contributed by atoms with Gasteiger partial charge in [-0.15, -0.1) is 0 Å². The zero-order chi connectivity index (χ0) is 16.6. The van der Waals surface area contributed by atoms with Crippen LogP contribution in [0.1, 0.15) is 48.0 Å². The lowest BCUT2D eigenvalue weighted by Crippen LogP contribution is -2.45. The maximum absolute atomic E-state index is 12.0. The van der Waals surface area contributed by atoms with Gasteiger partial charge in [-0.2, -0.15) is 0 Å². The molecule has 1 unspecified atom stereocenters. The third kappa shape index (κ3) is 4.81. The molecule has 1 aliphatic heterocycles. The highest BCUT2D eigenvalue weighted by molar-refractivity contribution is 6.74. The lowest BCUT2D eigenvalue weighted by molar-refractivity contribution is -0.127. The van der Waals surface area contributed by atoms with Gasteiger partial charge in [-0.25, -0.2) is 9.69 Å². The summed E-state index contributed by atoms with van der Waals surface area (Å²) in [5.41, 5.74) is -0.601. The SMILES string of the molecule is CC(C)(C)OC(=O)N1CC(O[Si](C)(C)C(C)(C)C)CC1=O. The number of carbonyl (C=O) groups is 2. The first-order valence-electron chi connectivity index (χ1n) is 7.44. The monoisotopic (exact) mass is 315 g/mol. The lowest BCUT2D eigenvalue weighted by atomic mass is 10.2. The van der Waals surface area contributed by atoms with Gasteiger partial charge < -0.3 is 9.16 Å². The molecule has 1 aliphatic rings. The molecule has 1 heterocycles. The second-order valence-corrected chi connectivity index (χ2v) is 12.9. The van der Waals surface area contributed by atoms with E-state index in [1.54, 1.807) is 20.8 Å². The summed E-state index contributed by atoms with van der Waals surface area (Å²) in [6, 6.07) is 0. The average Bonchev–Trinajstić information content (AvgIpc) is 2.54. The maximum atomic E-state index is 12.0. The summed E-state index contributed by atoms with van der Waals surface area (Å²) in [5.74, 6) is -0.215. The van der Waals surface area contributed by atoms with Crippen LogP contribution in [-0.4, -0.2) is 43.5 Å². The number of carbonyl (C=O) groups excluding carboxylic acids is 2. The highest BCUT2D eigenvalue weighted by Gasteiger charge is 2.44. The summed E-state index contributed by atoms with van der Waals surface area (Å²) in [6.07, 6.45) is -0.536. The number of ether oxygens (including phenoxy) is 1. The van der Waals surface area contributed by atoms with E-state index in [4.69, 9.17) is 9.16 Å². The normalized spacial score (nSPS) is 20.9. The van der Waals surface area contributed by atoms with Crippen LogP contribution >= 0.6 is 0 Å². The second kappa shape index (κ2) is 5.72. The molecule has 0 N–H and O–H groups in total. The van der Waals surface area contributed by atoms with E-state index in [1.807, 2.05) is 0 Å². The van der Waals surface area contributed by atoms with Gasteiger partial charge in [0.05, 0.1) is 19.1 Å². The first kappa shape index (κ1) is 18.2. The van der Waals surface area contributed by atoms with Gasteiger partial charge in [0.25, 0.3) is 0 Å². The molecule has 5 nitrogen and oxygen atoms in total. The first-order valence-corrected chi connectivity index (χ1v) is 10.3. The van der Waals surface area contributed by atoms with Crippen LogP contribution in [0.2, 0.25) is 18.1 Å². The summed E-state index contributed by atoms with van der Waals surface area (Å²) in [5, 5.41) is 0.0788. The van der Waals surface area contributed by atoms with E-state index in [0.29, 0.717) is 6.54 Å². The third-order valence-corrected chi connectivity index (χ3v) is 8.51. The molecule has 2 amide bonds. The number of rotatable bonds is 2. The summed E-state index contributed by atoms with van der Waals surface area (Å²) in [4.78, 5) is 25.2. The lowest BCUT2D eigenvalue weighted by Gasteiger charge is -2.38.